The molecule has 0 saturated carbocycles. The normalized spacial score (nSPS) is 25.8. The second-order valence-electron chi connectivity index (χ2n) is 5.69. The molecule has 2 aliphatic heterocycles. The van der Waals surface area contributed by atoms with Gasteiger partial charge in [-0.05, 0) is 18.9 Å². The number of hydrogen-bond acceptors (Lipinski definition) is 3. The van der Waals surface area contributed by atoms with Crippen molar-refractivity contribution in [2.45, 2.75) is 26.3 Å². The zero-order valence-corrected chi connectivity index (χ0v) is 11.6. The molecule has 0 radical (unpaired) electrons. The van der Waals surface area contributed by atoms with Crippen LogP contribution in [-0.4, -0.2) is 67.7 Å². The van der Waals surface area contributed by atoms with Crippen LogP contribution < -0.4 is 10.6 Å². The van der Waals surface area contributed by atoms with E-state index in [4.69, 9.17) is 0 Å². The highest BCUT2D eigenvalue weighted by Crippen LogP contribution is 2.12. The standard InChI is InChI=1S/C13H26N4O/c1-11(2)12-10-17(13(18)15-12)7-3-6-16-8-4-14-5-9-16/h11-12,14H,3-10H2,1-2H3,(H,15,18). The van der Waals surface area contributed by atoms with Gasteiger partial charge < -0.3 is 20.4 Å². The van der Waals surface area contributed by atoms with E-state index >= 15 is 0 Å². The van der Waals surface area contributed by atoms with Crippen molar-refractivity contribution < 1.29 is 4.79 Å². The van der Waals surface area contributed by atoms with Crippen molar-refractivity contribution >= 4 is 6.03 Å². The third-order valence-electron chi connectivity index (χ3n) is 3.93. The molecule has 1 atom stereocenters. The lowest BCUT2D eigenvalue weighted by Crippen LogP contribution is -2.44. The summed E-state index contributed by atoms with van der Waals surface area (Å²) in [5.41, 5.74) is 0. The zero-order valence-electron chi connectivity index (χ0n) is 11.6. The van der Waals surface area contributed by atoms with Gasteiger partial charge in [0, 0.05) is 39.3 Å². The van der Waals surface area contributed by atoms with Crippen LogP contribution in [0.4, 0.5) is 4.79 Å². The molecular weight excluding hydrogens is 228 g/mol. The molecule has 0 aromatic carbocycles. The first-order valence-corrected chi connectivity index (χ1v) is 7.15. The van der Waals surface area contributed by atoms with Gasteiger partial charge in [-0.3, -0.25) is 0 Å². The molecule has 0 aliphatic carbocycles. The van der Waals surface area contributed by atoms with Crippen LogP contribution in [0.15, 0.2) is 0 Å². The third kappa shape index (κ3) is 3.59. The molecule has 0 spiro atoms. The fourth-order valence-corrected chi connectivity index (χ4v) is 2.61. The molecule has 2 aliphatic rings. The van der Waals surface area contributed by atoms with E-state index in [0.29, 0.717) is 12.0 Å². The molecule has 5 nitrogen and oxygen atoms in total. The summed E-state index contributed by atoms with van der Waals surface area (Å²) in [6.45, 7) is 11.7. The number of carbonyl (C=O) groups excluding carboxylic acids is 1. The largest absolute Gasteiger partial charge is 0.333 e. The summed E-state index contributed by atoms with van der Waals surface area (Å²) < 4.78 is 0. The number of piperazine rings is 1. The van der Waals surface area contributed by atoms with Crippen LogP contribution in [0.2, 0.25) is 0 Å². The molecule has 2 amide bonds. The molecule has 2 N–H and O–H groups in total. The minimum Gasteiger partial charge on any atom is -0.333 e. The molecule has 0 aromatic rings. The van der Waals surface area contributed by atoms with Gasteiger partial charge in [0.05, 0.1) is 6.04 Å². The Morgan fingerprint density at radius 1 is 1.28 bits per heavy atom. The van der Waals surface area contributed by atoms with Gasteiger partial charge >= 0.3 is 6.03 Å². The van der Waals surface area contributed by atoms with Crippen LogP contribution in [0.5, 0.6) is 0 Å². The summed E-state index contributed by atoms with van der Waals surface area (Å²) in [5, 5.41) is 6.41. The monoisotopic (exact) mass is 254 g/mol. The maximum atomic E-state index is 11.8. The summed E-state index contributed by atoms with van der Waals surface area (Å²) in [5.74, 6) is 0.520. The van der Waals surface area contributed by atoms with Gasteiger partial charge in [-0.2, -0.15) is 0 Å². The average molecular weight is 254 g/mol. The average Bonchev–Trinajstić information content (AvgIpc) is 2.73. The minimum absolute atomic E-state index is 0.119. The maximum Gasteiger partial charge on any atom is 0.317 e. The first-order chi connectivity index (χ1) is 8.66. The van der Waals surface area contributed by atoms with Gasteiger partial charge in [-0.1, -0.05) is 13.8 Å². The molecule has 0 bridgehead atoms. The summed E-state index contributed by atoms with van der Waals surface area (Å²) >= 11 is 0. The Morgan fingerprint density at radius 3 is 2.61 bits per heavy atom. The Morgan fingerprint density at radius 2 is 2.00 bits per heavy atom. The van der Waals surface area contributed by atoms with Crippen LogP contribution in [0.25, 0.3) is 0 Å². The first kappa shape index (κ1) is 13.6. The molecule has 2 heterocycles. The van der Waals surface area contributed by atoms with E-state index in [1.54, 1.807) is 0 Å². The molecule has 2 saturated heterocycles. The lowest BCUT2D eigenvalue weighted by molar-refractivity contribution is 0.204. The van der Waals surface area contributed by atoms with Crippen LogP contribution in [0.1, 0.15) is 20.3 Å². The van der Waals surface area contributed by atoms with Crippen LogP contribution in [-0.2, 0) is 0 Å². The molecule has 2 fully saturated rings. The summed E-state index contributed by atoms with van der Waals surface area (Å²) in [6, 6.07) is 0.450. The van der Waals surface area contributed by atoms with Crippen molar-refractivity contribution in [3.8, 4) is 0 Å². The zero-order chi connectivity index (χ0) is 13.0. The number of urea groups is 1. The highest BCUT2D eigenvalue weighted by molar-refractivity contribution is 5.76. The highest BCUT2D eigenvalue weighted by Gasteiger charge is 2.29. The van der Waals surface area contributed by atoms with E-state index in [1.807, 2.05) is 4.90 Å². The van der Waals surface area contributed by atoms with Crippen molar-refractivity contribution in [1.29, 1.82) is 0 Å². The predicted octanol–water partition coefficient (Wildman–Crippen LogP) is 0.332. The van der Waals surface area contributed by atoms with E-state index in [1.165, 1.54) is 0 Å². The molecule has 1 unspecified atom stereocenters. The summed E-state index contributed by atoms with van der Waals surface area (Å²) in [7, 11) is 0. The Labute approximate surface area is 110 Å². The maximum absolute atomic E-state index is 11.8. The van der Waals surface area contributed by atoms with E-state index in [9.17, 15) is 4.79 Å². The lowest BCUT2D eigenvalue weighted by atomic mass is 10.1. The van der Waals surface area contributed by atoms with Gasteiger partial charge in [-0.25, -0.2) is 4.79 Å². The van der Waals surface area contributed by atoms with E-state index in [0.717, 1.165) is 52.2 Å². The quantitative estimate of drug-likeness (QED) is 0.743. The third-order valence-corrected chi connectivity index (χ3v) is 3.93. The van der Waals surface area contributed by atoms with Crippen LogP contribution in [0, 0.1) is 5.92 Å². The van der Waals surface area contributed by atoms with Gasteiger partial charge in [0.15, 0.2) is 0 Å². The highest BCUT2D eigenvalue weighted by atomic mass is 16.2. The Bertz CT molecular complexity index is 276. The van der Waals surface area contributed by atoms with Gasteiger partial charge in [0.1, 0.15) is 0 Å². The van der Waals surface area contributed by atoms with E-state index < -0.39 is 0 Å². The van der Waals surface area contributed by atoms with Gasteiger partial charge in [-0.15, -0.1) is 0 Å². The lowest BCUT2D eigenvalue weighted by Gasteiger charge is -2.27. The number of nitrogens with one attached hydrogen (secondary N) is 2. The summed E-state index contributed by atoms with van der Waals surface area (Å²) in [6.07, 6.45) is 1.08. The molecule has 104 valence electrons. The number of rotatable bonds is 5. The van der Waals surface area contributed by atoms with Crippen LogP contribution >= 0.6 is 0 Å². The second kappa shape index (κ2) is 6.38. The molecule has 18 heavy (non-hydrogen) atoms. The number of amides is 2. The minimum atomic E-state index is 0.119. The van der Waals surface area contributed by atoms with Crippen molar-refractivity contribution in [2.24, 2.45) is 5.92 Å². The van der Waals surface area contributed by atoms with Crippen LogP contribution in [0.3, 0.4) is 0 Å². The number of hydrogen-bond donors (Lipinski definition) is 2. The van der Waals surface area contributed by atoms with E-state index in [2.05, 4.69) is 29.4 Å². The Hall–Kier alpha value is -0.810. The van der Waals surface area contributed by atoms with Crippen molar-refractivity contribution in [3.05, 3.63) is 0 Å². The van der Waals surface area contributed by atoms with Crippen molar-refractivity contribution in [3.63, 3.8) is 0 Å². The van der Waals surface area contributed by atoms with E-state index in [-0.39, 0.29) is 6.03 Å². The predicted molar refractivity (Wildman–Crippen MR) is 72.7 cm³/mol. The molecule has 0 aromatic heterocycles. The molecule has 5 heteroatoms. The fourth-order valence-electron chi connectivity index (χ4n) is 2.61. The molecule has 2 rings (SSSR count). The van der Waals surface area contributed by atoms with Gasteiger partial charge in [0.25, 0.3) is 0 Å². The first-order valence-electron chi connectivity index (χ1n) is 7.15. The number of nitrogens with zero attached hydrogens (tertiary/aromatic N) is 2. The Balaban J connectivity index is 1.65. The van der Waals surface area contributed by atoms with Gasteiger partial charge in [0.2, 0.25) is 0 Å². The smallest absolute Gasteiger partial charge is 0.317 e. The second-order valence-corrected chi connectivity index (χ2v) is 5.69. The van der Waals surface area contributed by atoms with Crippen molar-refractivity contribution in [1.82, 2.24) is 20.4 Å². The fraction of sp³-hybridized carbons (Fsp3) is 0.923. The SMILES string of the molecule is CC(C)C1CN(CCCN2CCNCC2)C(=O)N1. The number of carbonyl (C=O) groups is 1. The summed E-state index contributed by atoms with van der Waals surface area (Å²) in [4.78, 5) is 16.2. The van der Waals surface area contributed by atoms with Crippen molar-refractivity contribution in [2.75, 3.05) is 45.8 Å². The Kier molecular flexibility index (Phi) is 4.83. The topological polar surface area (TPSA) is 47.6 Å². The molecular formula is C13H26N4O.